The summed E-state index contributed by atoms with van der Waals surface area (Å²) in [6, 6.07) is 3.12. The highest BCUT2D eigenvalue weighted by Gasteiger charge is 2.34. The lowest BCUT2D eigenvalue weighted by molar-refractivity contribution is -0.140. The molecule has 0 radical (unpaired) electrons. The highest BCUT2D eigenvalue weighted by molar-refractivity contribution is 5.88. The molecule has 1 atom stereocenters. The van der Waals surface area contributed by atoms with Crippen LogP contribution in [0.2, 0.25) is 0 Å². The van der Waals surface area contributed by atoms with E-state index >= 15 is 0 Å². The molecular weight excluding hydrogens is 368 g/mol. The van der Waals surface area contributed by atoms with Gasteiger partial charge < -0.3 is 15.0 Å². The van der Waals surface area contributed by atoms with Gasteiger partial charge in [0.2, 0.25) is 11.8 Å². The van der Waals surface area contributed by atoms with E-state index in [1.54, 1.807) is 7.11 Å². The Hall–Kier alpha value is -2.06. The Morgan fingerprint density at radius 2 is 1.96 bits per heavy atom. The van der Waals surface area contributed by atoms with Crippen LogP contribution in [0.25, 0.3) is 0 Å². The van der Waals surface area contributed by atoms with Gasteiger partial charge in [-0.15, -0.1) is 0 Å². The minimum absolute atomic E-state index is 0.0480. The average molecular weight is 395 g/mol. The van der Waals surface area contributed by atoms with Crippen LogP contribution in [0.1, 0.15) is 24.8 Å². The molecule has 0 bridgehead atoms. The van der Waals surface area contributed by atoms with E-state index in [1.165, 1.54) is 6.07 Å². The first-order chi connectivity index (χ1) is 13.5. The molecular formula is C20H27F2N3O3. The highest BCUT2D eigenvalue weighted by atomic mass is 19.2. The van der Waals surface area contributed by atoms with Crippen molar-refractivity contribution in [3.63, 3.8) is 0 Å². The second-order valence-electron chi connectivity index (χ2n) is 7.51. The lowest BCUT2D eigenvalue weighted by Gasteiger charge is -2.37. The lowest BCUT2D eigenvalue weighted by Crippen LogP contribution is -2.56. The van der Waals surface area contributed by atoms with Crippen molar-refractivity contribution in [2.75, 3.05) is 39.9 Å². The third-order valence-electron chi connectivity index (χ3n) is 5.55. The second kappa shape index (κ2) is 9.43. The molecule has 1 aromatic rings. The summed E-state index contributed by atoms with van der Waals surface area (Å²) >= 11 is 0. The van der Waals surface area contributed by atoms with Gasteiger partial charge in [-0.25, -0.2) is 8.78 Å². The number of piperidine rings is 1. The van der Waals surface area contributed by atoms with Gasteiger partial charge in [0, 0.05) is 46.4 Å². The summed E-state index contributed by atoms with van der Waals surface area (Å²) in [6.07, 6.45) is 1.88. The Labute approximate surface area is 163 Å². The van der Waals surface area contributed by atoms with E-state index in [2.05, 4.69) is 5.32 Å². The molecule has 2 amide bonds. The van der Waals surface area contributed by atoms with Crippen molar-refractivity contribution in [1.29, 1.82) is 0 Å². The van der Waals surface area contributed by atoms with Gasteiger partial charge in [-0.05, 0) is 36.5 Å². The Kier molecular flexibility index (Phi) is 6.96. The van der Waals surface area contributed by atoms with Crippen molar-refractivity contribution in [2.24, 2.45) is 5.92 Å². The molecule has 0 aromatic heterocycles. The maximum atomic E-state index is 13.5. The van der Waals surface area contributed by atoms with Crippen LogP contribution in [0.4, 0.5) is 8.78 Å². The summed E-state index contributed by atoms with van der Waals surface area (Å²) in [5.41, 5.74) is 0.575. The number of methoxy groups -OCH3 is 1. The van der Waals surface area contributed by atoms with E-state index in [4.69, 9.17) is 4.74 Å². The van der Waals surface area contributed by atoms with Crippen LogP contribution in [0.5, 0.6) is 0 Å². The van der Waals surface area contributed by atoms with E-state index in [0.29, 0.717) is 50.8 Å². The number of likely N-dealkylation sites (tertiary alicyclic amines) is 1. The van der Waals surface area contributed by atoms with Gasteiger partial charge >= 0.3 is 0 Å². The van der Waals surface area contributed by atoms with Crippen LogP contribution in [-0.2, 0) is 20.9 Å². The molecule has 154 valence electrons. The molecule has 1 N–H and O–H groups in total. The minimum Gasteiger partial charge on any atom is -0.384 e. The summed E-state index contributed by atoms with van der Waals surface area (Å²) in [7, 11) is 1.68. The molecule has 0 aliphatic carbocycles. The van der Waals surface area contributed by atoms with E-state index in [9.17, 15) is 18.4 Å². The van der Waals surface area contributed by atoms with Crippen molar-refractivity contribution < 1.29 is 23.1 Å². The third-order valence-corrected chi connectivity index (χ3v) is 5.55. The summed E-state index contributed by atoms with van der Waals surface area (Å²) in [4.78, 5) is 28.8. The number of amides is 2. The van der Waals surface area contributed by atoms with E-state index in [0.717, 1.165) is 25.0 Å². The number of benzene rings is 1. The van der Waals surface area contributed by atoms with Gasteiger partial charge in [-0.2, -0.15) is 0 Å². The van der Waals surface area contributed by atoms with E-state index in [-0.39, 0.29) is 18.2 Å². The zero-order valence-corrected chi connectivity index (χ0v) is 16.1. The normalized spacial score (nSPS) is 21.6. The Morgan fingerprint density at radius 3 is 2.64 bits per heavy atom. The summed E-state index contributed by atoms with van der Waals surface area (Å²) in [6.45, 7) is 3.36. The molecule has 1 aromatic carbocycles. The van der Waals surface area contributed by atoms with Crippen LogP contribution >= 0.6 is 0 Å². The van der Waals surface area contributed by atoms with Crippen LogP contribution in [0.15, 0.2) is 18.2 Å². The lowest BCUT2D eigenvalue weighted by atomic mass is 9.97. The molecule has 3 rings (SSSR count). The average Bonchev–Trinajstić information content (AvgIpc) is 2.68. The van der Waals surface area contributed by atoms with Crippen LogP contribution < -0.4 is 5.32 Å². The SMILES string of the molecule is COCC1CCN(C(=O)CC2C(=O)NCCN2Cc2ccc(F)c(F)c2)CC1. The number of piperazine rings is 1. The standard InChI is InChI=1S/C20H27F2N3O3/c1-28-13-14-4-7-24(8-5-14)19(26)11-18-20(27)23-6-9-25(18)12-15-2-3-16(21)17(22)10-15/h2-3,10,14,18H,4-9,11-13H2,1H3,(H,23,27). The maximum Gasteiger partial charge on any atom is 0.237 e. The number of nitrogens with one attached hydrogen (secondary N) is 1. The molecule has 2 aliphatic heterocycles. The second-order valence-corrected chi connectivity index (χ2v) is 7.51. The first kappa shape index (κ1) is 20.7. The number of carbonyl (C=O) groups is 2. The topological polar surface area (TPSA) is 61.9 Å². The fourth-order valence-corrected chi connectivity index (χ4v) is 3.92. The fourth-order valence-electron chi connectivity index (χ4n) is 3.92. The van der Waals surface area contributed by atoms with Gasteiger partial charge in [0.05, 0.1) is 12.5 Å². The van der Waals surface area contributed by atoms with E-state index < -0.39 is 17.7 Å². The Balaban J connectivity index is 1.61. The fraction of sp³-hybridized carbons (Fsp3) is 0.600. The number of ether oxygens (including phenoxy) is 1. The van der Waals surface area contributed by atoms with Gasteiger partial charge in [0.1, 0.15) is 0 Å². The number of hydrogen-bond donors (Lipinski definition) is 1. The molecule has 8 heteroatoms. The maximum absolute atomic E-state index is 13.5. The predicted molar refractivity (Wildman–Crippen MR) is 99.4 cm³/mol. The number of nitrogens with zero attached hydrogens (tertiary/aromatic N) is 2. The van der Waals surface area contributed by atoms with Gasteiger partial charge in [0.25, 0.3) is 0 Å². The number of carbonyl (C=O) groups excluding carboxylic acids is 2. The minimum atomic E-state index is -0.912. The molecule has 28 heavy (non-hydrogen) atoms. The molecule has 6 nitrogen and oxygen atoms in total. The molecule has 2 heterocycles. The van der Waals surface area contributed by atoms with Crippen LogP contribution in [-0.4, -0.2) is 67.6 Å². The molecule has 2 fully saturated rings. The van der Waals surface area contributed by atoms with Gasteiger partial charge in [0.15, 0.2) is 11.6 Å². The molecule has 0 saturated carbocycles. The third kappa shape index (κ3) is 5.05. The summed E-state index contributed by atoms with van der Waals surface area (Å²) in [5, 5.41) is 2.80. The monoisotopic (exact) mass is 395 g/mol. The van der Waals surface area contributed by atoms with Crippen molar-refractivity contribution in [3.05, 3.63) is 35.4 Å². The molecule has 2 saturated heterocycles. The van der Waals surface area contributed by atoms with Gasteiger partial charge in [-0.1, -0.05) is 6.07 Å². The van der Waals surface area contributed by atoms with Crippen molar-refractivity contribution in [2.45, 2.75) is 31.8 Å². The first-order valence-corrected chi connectivity index (χ1v) is 9.70. The Bertz CT molecular complexity index is 708. The van der Waals surface area contributed by atoms with Crippen LogP contribution in [0.3, 0.4) is 0 Å². The number of hydrogen-bond acceptors (Lipinski definition) is 4. The zero-order valence-electron chi connectivity index (χ0n) is 16.1. The van der Waals surface area contributed by atoms with E-state index in [1.807, 2.05) is 9.80 Å². The van der Waals surface area contributed by atoms with Crippen molar-refractivity contribution in [1.82, 2.24) is 15.1 Å². The molecule has 2 aliphatic rings. The zero-order chi connectivity index (χ0) is 20.1. The number of halogens is 2. The smallest absolute Gasteiger partial charge is 0.237 e. The van der Waals surface area contributed by atoms with Gasteiger partial charge in [-0.3, -0.25) is 14.5 Å². The number of rotatable bonds is 6. The summed E-state index contributed by atoms with van der Waals surface area (Å²) in [5.74, 6) is -1.59. The highest BCUT2D eigenvalue weighted by Crippen LogP contribution is 2.21. The summed E-state index contributed by atoms with van der Waals surface area (Å²) < 4.78 is 31.8. The molecule has 1 unspecified atom stereocenters. The first-order valence-electron chi connectivity index (χ1n) is 9.70. The molecule has 0 spiro atoms. The van der Waals surface area contributed by atoms with Crippen LogP contribution in [0, 0.1) is 17.6 Å². The quantitative estimate of drug-likeness (QED) is 0.794. The predicted octanol–water partition coefficient (Wildman–Crippen LogP) is 1.54. The van der Waals surface area contributed by atoms with Crippen molar-refractivity contribution >= 4 is 11.8 Å². The largest absolute Gasteiger partial charge is 0.384 e. The van der Waals surface area contributed by atoms with Crippen molar-refractivity contribution in [3.8, 4) is 0 Å². The Morgan fingerprint density at radius 1 is 1.21 bits per heavy atom.